The summed E-state index contributed by atoms with van der Waals surface area (Å²) in [6.45, 7) is 1.82. The number of nitriles is 1. The molecule has 0 saturated heterocycles. The summed E-state index contributed by atoms with van der Waals surface area (Å²) in [5.41, 5.74) is 2.00. The van der Waals surface area contributed by atoms with E-state index in [0.717, 1.165) is 24.8 Å². The summed E-state index contributed by atoms with van der Waals surface area (Å²) in [6.07, 6.45) is 2.91. The normalized spacial score (nSPS) is 12.2. The van der Waals surface area contributed by atoms with E-state index in [1.54, 1.807) is 25.1 Å². The van der Waals surface area contributed by atoms with Crippen molar-refractivity contribution < 1.29 is 19.1 Å². The molecule has 0 aliphatic heterocycles. The summed E-state index contributed by atoms with van der Waals surface area (Å²) >= 11 is 1.46. The first kappa shape index (κ1) is 18.0. The van der Waals surface area contributed by atoms with E-state index in [1.807, 2.05) is 0 Å². The van der Waals surface area contributed by atoms with Crippen molar-refractivity contribution in [3.63, 3.8) is 0 Å². The fraction of sp³-hybridized carbons (Fsp3) is 0.316. The van der Waals surface area contributed by atoms with E-state index in [1.165, 1.54) is 22.3 Å². The third-order valence-corrected chi connectivity index (χ3v) is 5.21. The number of nitrogens with one attached hydrogen (secondary N) is 1. The smallest absolute Gasteiger partial charge is 0.338 e. The zero-order valence-corrected chi connectivity index (χ0v) is 15.1. The van der Waals surface area contributed by atoms with Gasteiger partial charge in [0.05, 0.1) is 17.7 Å². The van der Waals surface area contributed by atoms with Gasteiger partial charge in [-0.1, -0.05) is 6.07 Å². The molecule has 0 unspecified atom stereocenters. The van der Waals surface area contributed by atoms with Crippen LogP contribution in [0.5, 0.6) is 5.75 Å². The highest BCUT2D eigenvalue weighted by atomic mass is 32.1. The molecule has 0 bridgehead atoms. The van der Waals surface area contributed by atoms with Gasteiger partial charge in [-0.15, -0.1) is 11.3 Å². The van der Waals surface area contributed by atoms with E-state index in [-0.39, 0.29) is 12.5 Å². The summed E-state index contributed by atoms with van der Waals surface area (Å²) in [5, 5.41) is 12.7. The number of fused-ring (bicyclic) bond motifs is 1. The van der Waals surface area contributed by atoms with Crippen LogP contribution < -0.4 is 10.1 Å². The van der Waals surface area contributed by atoms with E-state index in [9.17, 15) is 14.9 Å². The molecule has 1 aliphatic rings. The van der Waals surface area contributed by atoms with Gasteiger partial charge in [-0.3, -0.25) is 4.79 Å². The van der Waals surface area contributed by atoms with Gasteiger partial charge in [-0.2, -0.15) is 5.26 Å². The molecule has 1 heterocycles. The Kier molecular flexibility index (Phi) is 5.54. The number of ether oxygens (including phenoxy) is 2. The topological polar surface area (TPSA) is 88.4 Å². The lowest BCUT2D eigenvalue weighted by Gasteiger charge is -2.08. The van der Waals surface area contributed by atoms with Crippen LogP contribution >= 0.6 is 11.3 Å². The lowest BCUT2D eigenvalue weighted by atomic mass is 10.1. The van der Waals surface area contributed by atoms with Crippen molar-refractivity contribution in [2.75, 3.05) is 18.5 Å². The first-order chi connectivity index (χ1) is 12.6. The van der Waals surface area contributed by atoms with Crippen molar-refractivity contribution in [1.29, 1.82) is 5.26 Å². The summed E-state index contributed by atoms with van der Waals surface area (Å²) in [6, 6.07) is 8.67. The average molecular weight is 370 g/mol. The second kappa shape index (κ2) is 8.02. The highest BCUT2D eigenvalue weighted by Gasteiger charge is 2.23. The highest BCUT2D eigenvalue weighted by Crippen LogP contribution is 2.38. The Hall–Kier alpha value is -2.85. The molecule has 134 valence electrons. The molecule has 1 aromatic heterocycles. The molecule has 7 heteroatoms. The first-order valence-corrected chi connectivity index (χ1v) is 9.18. The van der Waals surface area contributed by atoms with Crippen LogP contribution in [0.4, 0.5) is 5.00 Å². The molecule has 0 radical (unpaired) electrons. The molecule has 1 amide bonds. The lowest BCUT2D eigenvalue weighted by Crippen LogP contribution is -2.20. The maximum atomic E-state index is 12.2. The molecular formula is C19H18N2O4S. The molecule has 2 aromatic rings. The van der Waals surface area contributed by atoms with Crippen LogP contribution in [0.25, 0.3) is 0 Å². The van der Waals surface area contributed by atoms with Crippen LogP contribution in [-0.4, -0.2) is 25.1 Å². The lowest BCUT2D eigenvalue weighted by molar-refractivity contribution is -0.118. The second-order valence-corrected chi connectivity index (χ2v) is 6.86. The van der Waals surface area contributed by atoms with Gasteiger partial charge in [0.25, 0.3) is 5.91 Å². The summed E-state index contributed by atoms with van der Waals surface area (Å²) in [5.74, 6) is -0.378. The predicted molar refractivity (Wildman–Crippen MR) is 97.6 cm³/mol. The third-order valence-electron chi connectivity index (χ3n) is 4.00. The van der Waals surface area contributed by atoms with E-state index < -0.39 is 5.97 Å². The van der Waals surface area contributed by atoms with Crippen molar-refractivity contribution in [3.8, 4) is 11.8 Å². The molecule has 3 rings (SSSR count). The van der Waals surface area contributed by atoms with Gasteiger partial charge in [-0.05, 0) is 49.9 Å². The van der Waals surface area contributed by atoms with Crippen LogP contribution in [0, 0.1) is 11.3 Å². The van der Waals surface area contributed by atoms with Crippen LogP contribution in [0.3, 0.4) is 0 Å². The maximum Gasteiger partial charge on any atom is 0.338 e. The molecule has 0 atom stereocenters. The quantitative estimate of drug-likeness (QED) is 0.788. The SMILES string of the molecule is CCOC(=O)c1cccc(OCC(=O)Nc2sc3c(c2C#N)CCC3)c1. The predicted octanol–water partition coefficient (Wildman–Crippen LogP) is 3.30. The zero-order chi connectivity index (χ0) is 18.5. The number of carbonyl (C=O) groups is 2. The number of thiophene rings is 1. The summed E-state index contributed by atoms with van der Waals surface area (Å²) in [4.78, 5) is 25.1. The Morgan fingerprint density at radius 3 is 2.96 bits per heavy atom. The molecule has 1 aliphatic carbocycles. The van der Waals surface area contributed by atoms with E-state index in [4.69, 9.17) is 9.47 Å². The minimum Gasteiger partial charge on any atom is -0.484 e. The van der Waals surface area contributed by atoms with Gasteiger partial charge in [0.1, 0.15) is 16.8 Å². The van der Waals surface area contributed by atoms with Crippen molar-refractivity contribution in [2.24, 2.45) is 0 Å². The van der Waals surface area contributed by atoms with Crippen molar-refractivity contribution >= 4 is 28.2 Å². The minimum atomic E-state index is -0.436. The Labute approximate surface area is 155 Å². The number of anilines is 1. The maximum absolute atomic E-state index is 12.2. The van der Waals surface area contributed by atoms with Crippen molar-refractivity contribution in [1.82, 2.24) is 0 Å². The minimum absolute atomic E-state index is 0.209. The second-order valence-electron chi connectivity index (χ2n) is 5.76. The largest absolute Gasteiger partial charge is 0.484 e. The monoisotopic (exact) mass is 370 g/mol. The van der Waals surface area contributed by atoms with E-state index in [2.05, 4.69) is 11.4 Å². The Bertz CT molecular complexity index is 882. The summed E-state index contributed by atoms with van der Waals surface area (Å²) < 4.78 is 10.4. The fourth-order valence-electron chi connectivity index (χ4n) is 2.85. The number of hydrogen-bond donors (Lipinski definition) is 1. The molecular weight excluding hydrogens is 352 g/mol. The number of benzene rings is 1. The van der Waals surface area contributed by atoms with Gasteiger partial charge in [0, 0.05) is 4.88 Å². The van der Waals surface area contributed by atoms with Crippen LogP contribution in [0.2, 0.25) is 0 Å². The highest BCUT2D eigenvalue weighted by molar-refractivity contribution is 7.16. The van der Waals surface area contributed by atoms with E-state index in [0.29, 0.717) is 28.5 Å². The fourth-order valence-corrected chi connectivity index (χ4v) is 4.11. The van der Waals surface area contributed by atoms with Crippen LogP contribution in [-0.2, 0) is 22.4 Å². The van der Waals surface area contributed by atoms with Gasteiger partial charge in [0.2, 0.25) is 0 Å². The molecule has 0 spiro atoms. The van der Waals surface area contributed by atoms with Crippen LogP contribution in [0.1, 0.15) is 39.7 Å². The van der Waals surface area contributed by atoms with Gasteiger partial charge in [0.15, 0.2) is 6.61 Å². The van der Waals surface area contributed by atoms with Gasteiger partial charge in [-0.25, -0.2) is 4.79 Å². The Morgan fingerprint density at radius 1 is 1.35 bits per heavy atom. The van der Waals surface area contributed by atoms with Gasteiger partial charge >= 0.3 is 5.97 Å². The third kappa shape index (κ3) is 3.86. The standard InChI is InChI=1S/C19H18N2O4S/c1-2-24-19(23)12-5-3-6-13(9-12)25-11-17(22)21-18-15(10-20)14-7-4-8-16(14)26-18/h3,5-6,9H,2,4,7-8,11H2,1H3,(H,21,22). The Balaban J connectivity index is 1.61. The van der Waals surface area contributed by atoms with Crippen molar-refractivity contribution in [3.05, 3.63) is 45.8 Å². The molecule has 1 N–H and O–H groups in total. The molecule has 26 heavy (non-hydrogen) atoms. The number of esters is 1. The van der Waals surface area contributed by atoms with Crippen LogP contribution in [0.15, 0.2) is 24.3 Å². The van der Waals surface area contributed by atoms with E-state index >= 15 is 0 Å². The number of hydrogen-bond acceptors (Lipinski definition) is 6. The molecule has 1 aromatic carbocycles. The average Bonchev–Trinajstić information content (AvgIpc) is 3.21. The first-order valence-electron chi connectivity index (χ1n) is 8.36. The molecule has 6 nitrogen and oxygen atoms in total. The Morgan fingerprint density at radius 2 is 2.19 bits per heavy atom. The van der Waals surface area contributed by atoms with Crippen molar-refractivity contribution in [2.45, 2.75) is 26.2 Å². The number of amides is 1. The zero-order valence-electron chi connectivity index (χ0n) is 14.3. The number of carbonyl (C=O) groups excluding carboxylic acids is 2. The summed E-state index contributed by atoms with van der Waals surface area (Å²) in [7, 11) is 0. The van der Waals surface area contributed by atoms with Gasteiger partial charge < -0.3 is 14.8 Å². The number of nitrogens with zero attached hydrogens (tertiary/aromatic N) is 1. The number of rotatable bonds is 6. The molecule has 0 fully saturated rings. The number of aryl methyl sites for hydroxylation is 1. The molecule has 0 saturated carbocycles.